The Morgan fingerprint density at radius 1 is 0.900 bits per heavy atom. The van der Waals surface area contributed by atoms with Crippen molar-refractivity contribution in [3.8, 4) is 5.82 Å². The molecule has 1 aliphatic heterocycles. The van der Waals surface area contributed by atoms with E-state index in [1.54, 1.807) is 4.68 Å². The minimum absolute atomic E-state index is 0.145. The van der Waals surface area contributed by atoms with Gasteiger partial charge in [-0.3, -0.25) is 4.79 Å². The molecule has 8 heteroatoms. The fraction of sp³-hybridized carbons (Fsp3) is 0.273. The molecule has 5 rings (SSSR count). The van der Waals surface area contributed by atoms with Crippen LogP contribution < -0.4 is 4.90 Å². The predicted molar refractivity (Wildman–Crippen MR) is 115 cm³/mol. The van der Waals surface area contributed by atoms with Crippen LogP contribution in [0.3, 0.4) is 0 Å². The highest BCUT2D eigenvalue weighted by atomic mass is 16.2. The summed E-state index contributed by atoms with van der Waals surface area (Å²) in [5.74, 6) is 1.66. The molecule has 1 aliphatic rings. The van der Waals surface area contributed by atoms with Gasteiger partial charge in [0.1, 0.15) is 6.54 Å². The largest absolute Gasteiger partial charge is 0.352 e. The maximum Gasteiger partial charge on any atom is 0.242 e. The smallest absolute Gasteiger partial charge is 0.242 e. The number of carbonyl (C=O) groups is 1. The Bertz CT molecular complexity index is 1170. The number of aryl methyl sites for hydroxylation is 1. The van der Waals surface area contributed by atoms with Crippen LogP contribution in [0, 0.1) is 6.92 Å². The molecule has 0 atom stereocenters. The predicted octanol–water partition coefficient (Wildman–Crippen LogP) is 2.27. The highest BCUT2D eigenvalue weighted by molar-refractivity contribution is 5.83. The van der Waals surface area contributed by atoms with Crippen LogP contribution in [0.5, 0.6) is 0 Å². The number of carbonyl (C=O) groups excluding carboxylic acids is 1. The number of anilines is 1. The number of hydrogen-bond donors (Lipinski definition) is 0. The van der Waals surface area contributed by atoms with E-state index in [0.29, 0.717) is 25.5 Å². The third-order valence-corrected chi connectivity index (χ3v) is 5.54. The first-order valence-corrected chi connectivity index (χ1v) is 10.1. The Hall–Kier alpha value is -3.68. The van der Waals surface area contributed by atoms with Crippen LogP contribution in [0.15, 0.2) is 60.9 Å². The van der Waals surface area contributed by atoms with E-state index in [-0.39, 0.29) is 5.91 Å². The van der Waals surface area contributed by atoms with Gasteiger partial charge in [-0.2, -0.15) is 5.10 Å². The standard InChI is InChI=1S/C22H23N7O/c1-17-8-11-29(25-17)21-7-6-20(23-24-21)26-12-14-27(15-13-26)22(30)16-28-10-9-18-4-2-3-5-19(18)28/h2-11H,12-16H2,1H3. The van der Waals surface area contributed by atoms with Gasteiger partial charge in [0.15, 0.2) is 11.6 Å². The minimum atomic E-state index is 0.145. The number of nitrogens with zero attached hydrogens (tertiary/aromatic N) is 7. The number of piperazine rings is 1. The van der Waals surface area contributed by atoms with E-state index >= 15 is 0 Å². The lowest BCUT2D eigenvalue weighted by Crippen LogP contribution is -2.49. The van der Waals surface area contributed by atoms with Crippen molar-refractivity contribution in [3.63, 3.8) is 0 Å². The van der Waals surface area contributed by atoms with E-state index in [4.69, 9.17) is 0 Å². The van der Waals surface area contributed by atoms with Crippen molar-refractivity contribution in [1.82, 2.24) is 29.4 Å². The summed E-state index contributed by atoms with van der Waals surface area (Å²) < 4.78 is 3.74. The van der Waals surface area contributed by atoms with E-state index in [1.165, 1.54) is 0 Å². The quantitative estimate of drug-likeness (QED) is 0.525. The summed E-state index contributed by atoms with van der Waals surface area (Å²) in [7, 11) is 0. The summed E-state index contributed by atoms with van der Waals surface area (Å²) in [6, 6.07) is 16.0. The van der Waals surface area contributed by atoms with Crippen molar-refractivity contribution in [2.45, 2.75) is 13.5 Å². The molecule has 0 bridgehead atoms. The Morgan fingerprint density at radius 3 is 2.40 bits per heavy atom. The molecule has 30 heavy (non-hydrogen) atoms. The average Bonchev–Trinajstić information content (AvgIpc) is 3.40. The van der Waals surface area contributed by atoms with Gasteiger partial charge < -0.3 is 14.4 Å². The molecule has 4 heterocycles. The molecule has 0 N–H and O–H groups in total. The number of para-hydroxylation sites is 1. The lowest BCUT2D eigenvalue weighted by molar-refractivity contribution is -0.132. The minimum Gasteiger partial charge on any atom is -0.352 e. The molecule has 1 amide bonds. The van der Waals surface area contributed by atoms with E-state index < -0.39 is 0 Å². The molecule has 0 aliphatic carbocycles. The third-order valence-electron chi connectivity index (χ3n) is 5.54. The topological polar surface area (TPSA) is 72.1 Å². The first-order valence-electron chi connectivity index (χ1n) is 10.1. The fourth-order valence-electron chi connectivity index (χ4n) is 3.86. The SMILES string of the molecule is Cc1ccn(-c2ccc(N3CCN(C(=O)Cn4ccc5ccccc54)CC3)nn2)n1. The van der Waals surface area contributed by atoms with Crippen molar-refractivity contribution in [2.75, 3.05) is 31.1 Å². The molecule has 8 nitrogen and oxygen atoms in total. The Labute approximate surface area is 174 Å². The van der Waals surface area contributed by atoms with Gasteiger partial charge in [-0.1, -0.05) is 18.2 Å². The highest BCUT2D eigenvalue weighted by Gasteiger charge is 2.22. The molecule has 0 unspecified atom stereocenters. The molecule has 0 spiro atoms. The van der Waals surface area contributed by atoms with Gasteiger partial charge in [0.05, 0.1) is 5.69 Å². The molecule has 4 aromatic rings. The van der Waals surface area contributed by atoms with Crippen molar-refractivity contribution >= 4 is 22.6 Å². The highest BCUT2D eigenvalue weighted by Crippen LogP contribution is 2.17. The molecular weight excluding hydrogens is 378 g/mol. The van der Waals surface area contributed by atoms with Gasteiger partial charge in [-0.25, -0.2) is 4.68 Å². The Morgan fingerprint density at radius 2 is 1.67 bits per heavy atom. The first kappa shape index (κ1) is 18.4. The second kappa shape index (κ2) is 7.62. The molecular formula is C22H23N7O. The Kier molecular flexibility index (Phi) is 4.66. The number of amides is 1. The van der Waals surface area contributed by atoms with Crippen LogP contribution in [-0.4, -0.2) is 61.5 Å². The van der Waals surface area contributed by atoms with Crippen molar-refractivity contribution in [2.24, 2.45) is 0 Å². The molecule has 0 saturated carbocycles. The Balaban J connectivity index is 1.20. The molecule has 0 radical (unpaired) electrons. The number of aromatic nitrogens is 5. The second-order valence-corrected chi connectivity index (χ2v) is 7.52. The normalized spacial score (nSPS) is 14.4. The summed E-state index contributed by atoms with van der Waals surface area (Å²) in [5, 5.41) is 14.2. The number of fused-ring (bicyclic) bond motifs is 1. The van der Waals surface area contributed by atoms with Crippen LogP contribution in [0.25, 0.3) is 16.7 Å². The zero-order chi connectivity index (χ0) is 20.5. The molecule has 1 aromatic carbocycles. The van der Waals surface area contributed by atoms with Crippen molar-refractivity contribution in [1.29, 1.82) is 0 Å². The van der Waals surface area contributed by atoms with Crippen LogP contribution in [0.2, 0.25) is 0 Å². The zero-order valence-electron chi connectivity index (χ0n) is 16.8. The van der Waals surface area contributed by atoms with Gasteiger partial charge in [-0.15, -0.1) is 10.2 Å². The van der Waals surface area contributed by atoms with E-state index in [2.05, 4.69) is 26.3 Å². The van der Waals surface area contributed by atoms with Crippen molar-refractivity contribution in [3.05, 3.63) is 66.6 Å². The van der Waals surface area contributed by atoms with Crippen LogP contribution in [0.4, 0.5) is 5.82 Å². The van der Waals surface area contributed by atoms with Gasteiger partial charge in [0.25, 0.3) is 0 Å². The third kappa shape index (κ3) is 3.52. The summed E-state index contributed by atoms with van der Waals surface area (Å²) >= 11 is 0. The van der Waals surface area contributed by atoms with E-state index in [9.17, 15) is 4.79 Å². The summed E-state index contributed by atoms with van der Waals surface area (Å²) in [4.78, 5) is 16.9. The second-order valence-electron chi connectivity index (χ2n) is 7.52. The maximum absolute atomic E-state index is 12.8. The van der Waals surface area contributed by atoms with Gasteiger partial charge in [0, 0.05) is 44.1 Å². The van der Waals surface area contributed by atoms with Gasteiger partial charge >= 0.3 is 0 Å². The van der Waals surface area contributed by atoms with E-state index in [1.807, 2.05) is 71.2 Å². The fourth-order valence-corrected chi connectivity index (χ4v) is 3.86. The van der Waals surface area contributed by atoms with Gasteiger partial charge in [0.2, 0.25) is 5.91 Å². The summed E-state index contributed by atoms with van der Waals surface area (Å²) in [6.45, 7) is 5.16. The lowest BCUT2D eigenvalue weighted by Gasteiger charge is -2.35. The molecule has 3 aromatic heterocycles. The van der Waals surface area contributed by atoms with Crippen LogP contribution in [0.1, 0.15) is 5.69 Å². The number of rotatable bonds is 4. The maximum atomic E-state index is 12.8. The van der Waals surface area contributed by atoms with E-state index in [0.717, 1.165) is 35.5 Å². The monoisotopic (exact) mass is 401 g/mol. The lowest BCUT2D eigenvalue weighted by atomic mass is 10.2. The van der Waals surface area contributed by atoms with Crippen molar-refractivity contribution < 1.29 is 4.79 Å². The zero-order valence-corrected chi connectivity index (χ0v) is 16.8. The molecule has 1 saturated heterocycles. The molecule has 1 fully saturated rings. The number of benzene rings is 1. The number of hydrogen-bond acceptors (Lipinski definition) is 5. The summed E-state index contributed by atoms with van der Waals surface area (Å²) in [6.07, 6.45) is 3.86. The van der Waals surface area contributed by atoms with Gasteiger partial charge in [-0.05, 0) is 42.6 Å². The van der Waals surface area contributed by atoms with Crippen LogP contribution in [-0.2, 0) is 11.3 Å². The first-order chi connectivity index (χ1) is 14.7. The van der Waals surface area contributed by atoms with Crippen LogP contribution >= 0.6 is 0 Å². The molecule has 152 valence electrons. The average molecular weight is 401 g/mol. The summed E-state index contributed by atoms with van der Waals surface area (Å²) in [5.41, 5.74) is 2.03.